The van der Waals surface area contributed by atoms with E-state index >= 15 is 0 Å². The second kappa shape index (κ2) is 9.64. The number of amides is 2. The average molecular weight is 354 g/mol. The third kappa shape index (κ3) is 5.80. The Bertz CT molecular complexity index is 551. The highest BCUT2D eigenvalue weighted by Crippen LogP contribution is 2.19. The van der Waals surface area contributed by atoms with Crippen LogP contribution >= 0.6 is 12.4 Å². The quantitative estimate of drug-likeness (QED) is 0.826. The molecule has 6 heteroatoms. The lowest BCUT2D eigenvalue weighted by Crippen LogP contribution is -2.35. The zero-order valence-corrected chi connectivity index (χ0v) is 15.5. The number of hydrogen-bond acceptors (Lipinski definition) is 3. The van der Waals surface area contributed by atoms with Gasteiger partial charge in [0.05, 0.1) is 6.54 Å². The largest absolute Gasteiger partial charge is 0.336 e. The van der Waals surface area contributed by atoms with Crippen LogP contribution in [-0.4, -0.2) is 43.4 Å². The highest BCUT2D eigenvalue weighted by Gasteiger charge is 2.18. The Morgan fingerprint density at radius 2 is 1.96 bits per heavy atom. The first-order valence-electron chi connectivity index (χ1n) is 8.28. The van der Waals surface area contributed by atoms with Crippen molar-refractivity contribution in [2.45, 2.75) is 33.1 Å². The molecule has 1 unspecified atom stereocenters. The Labute approximate surface area is 150 Å². The van der Waals surface area contributed by atoms with Gasteiger partial charge in [-0.2, -0.15) is 0 Å². The Hall–Kier alpha value is -1.59. The van der Waals surface area contributed by atoms with E-state index in [9.17, 15) is 9.59 Å². The topological polar surface area (TPSA) is 61.4 Å². The molecule has 2 N–H and O–H groups in total. The Morgan fingerprint density at radius 3 is 2.54 bits per heavy atom. The molecule has 0 radical (unpaired) electrons. The van der Waals surface area contributed by atoms with Crippen molar-refractivity contribution in [2.75, 3.05) is 32.0 Å². The van der Waals surface area contributed by atoms with Gasteiger partial charge in [0, 0.05) is 19.2 Å². The van der Waals surface area contributed by atoms with E-state index in [1.807, 2.05) is 32.0 Å². The number of likely N-dealkylation sites (N-methyl/N-ethyl adjacent to an activating group) is 1. The highest BCUT2D eigenvalue weighted by molar-refractivity contribution is 5.95. The summed E-state index contributed by atoms with van der Waals surface area (Å²) in [6.45, 7) is 6.08. The van der Waals surface area contributed by atoms with Gasteiger partial charge in [0.2, 0.25) is 11.8 Å². The van der Waals surface area contributed by atoms with Crippen molar-refractivity contribution in [3.63, 3.8) is 0 Å². The molecule has 2 rings (SSSR count). The van der Waals surface area contributed by atoms with Gasteiger partial charge in [-0.1, -0.05) is 18.2 Å². The van der Waals surface area contributed by atoms with Crippen LogP contribution in [0, 0.1) is 19.8 Å². The predicted molar refractivity (Wildman–Crippen MR) is 99.6 cm³/mol. The summed E-state index contributed by atoms with van der Waals surface area (Å²) in [6.07, 6.45) is 2.55. The van der Waals surface area contributed by atoms with E-state index in [2.05, 4.69) is 10.6 Å². The molecule has 1 aliphatic rings. The van der Waals surface area contributed by atoms with Crippen LogP contribution in [0.3, 0.4) is 0 Å². The van der Waals surface area contributed by atoms with Crippen molar-refractivity contribution in [3.8, 4) is 0 Å². The second-order valence-electron chi connectivity index (χ2n) is 6.46. The molecule has 1 saturated heterocycles. The van der Waals surface area contributed by atoms with Gasteiger partial charge >= 0.3 is 0 Å². The van der Waals surface area contributed by atoms with Crippen LogP contribution in [0.1, 0.15) is 30.4 Å². The maximum atomic E-state index is 12.2. The molecule has 2 amide bonds. The molecular weight excluding hydrogens is 326 g/mol. The molecule has 0 aliphatic carbocycles. The van der Waals surface area contributed by atoms with Gasteiger partial charge < -0.3 is 15.5 Å². The number of aryl methyl sites for hydroxylation is 2. The lowest BCUT2D eigenvalue weighted by atomic mass is 10.0. The number of para-hydroxylation sites is 1. The normalized spacial score (nSPS) is 16.4. The van der Waals surface area contributed by atoms with Crippen LogP contribution in [-0.2, 0) is 9.59 Å². The molecule has 1 aromatic carbocycles. The maximum Gasteiger partial charge on any atom is 0.243 e. The zero-order chi connectivity index (χ0) is 16.8. The number of benzene rings is 1. The van der Waals surface area contributed by atoms with Crippen LogP contribution in [0.25, 0.3) is 0 Å². The number of carbonyl (C=O) groups is 2. The number of anilines is 1. The fourth-order valence-electron chi connectivity index (χ4n) is 2.97. The van der Waals surface area contributed by atoms with Crippen molar-refractivity contribution in [2.24, 2.45) is 5.92 Å². The smallest absolute Gasteiger partial charge is 0.243 e. The maximum absolute atomic E-state index is 12.2. The third-order valence-electron chi connectivity index (χ3n) is 4.48. The van der Waals surface area contributed by atoms with Gasteiger partial charge in [-0.15, -0.1) is 12.4 Å². The van der Waals surface area contributed by atoms with Crippen molar-refractivity contribution in [3.05, 3.63) is 29.3 Å². The Balaban J connectivity index is 0.00000288. The first kappa shape index (κ1) is 20.5. The molecule has 0 bridgehead atoms. The fraction of sp³-hybridized carbons (Fsp3) is 0.556. The van der Waals surface area contributed by atoms with Gasteiger partial charge in [-0.25, -0.2) is 0 Å². The van der Waals surface area contributed by atoms with Gasteiger partial charge in [-0.3, -0.25) is 9.59 Å². The first-order valence-corrected chi connectivity index (χ1v) is 8.28. The van der Waals surface area contributed by atoms with Gasteiger partial charge in [0.25, 0.3) is 0 Å². The Morgan fingerprint density at radius 1 is 1.29 bits per heavy atom. The van der Waals surface area contributed by atoms with Crippen LogP contribution in [0.2, 0.25) is 0 Å². The van der Waals surface area contributed by atoms with E-state index in [0.29, 0.717) is 12.3 Å². The molecule has 1 aromatic rings. The van der Waals surface area contributed by atoms with Crippen molar-refractivity contribution < 1.29 is 9.59 Å². The summed E-state index contributed by atoms with van der Waals surface area (Å²) in [5.74, 6) is 0.477. The van der Waals surface area contributed by atoms with Crippen LogP contribution in [0.15, 0.2) is 18.2 Å². The summed E-state index contributed by atoms with van der Waals surface area (Å²) in [5.41, 5.74) is 2.90. The second-order valence-corrected chi connectivity index (χ2v) is 6.46. The number of nitrogens with one attached hydrogen (secondary N) is 2. The summed E-state index contributed by atoms with van der Waals surface area (Å²) in [7, 11) is 1.69. The number of carbonyl (C=O) groups excluding carboxylic acids is 2. The monoisotopic (exact) mass is 353 g/mol. The summed E-state index contributed by atoms with van der Waals surface area (Å²) in [4.78, 5) is 25.8. The molecule has 134 valence electrons. The van der Waals surface area contributed by atoms with Crippen LogP contribution in [0.5, 0.6) is 0 Å². The van der Waals surface area contributed by atoms with E-state index in [-0.39, 0.29) is 30.8 Å². The molecule has 0 saturated carbocycles. The Kier molecular flexibility index (Phi) is 8.22. The molecule has 1 aliphatic heterocycles. The lowest BCUT2D eigenvalue weighted by Gasteiger charge is -2.19. The van der Waals surface area contributed by atoms with E-state index in [0.717, 1.165) is 42.7 Å². The van der Waals surface area contributed by atoms with Crippen LogP contribution < -0.4 is 10.6 Å². The van der Waals surface area contributed by atoms with Crippen molar-refractivity contribution >= 4 is 29.9 Å². The molecule has 1 atom stereocenters. The first-order chi connectivity index (χ1) is 11.0. The number of hydrogen-bond donors (Lipinski definition) is 2. The van der Waals surface area contributed by atoms with E-state index in [1.165, 1.54) is 4.90 Å². The molecule has 5 nitrogen and oxygen atoms in total. The zero-order valence-electron chi connectivity index (χ0n) is 14.7. The summed E-state index contributed by atoms with van der Waals surface area (Å²) in [6, 6.07) is 5.90. The highest BCUT2D eigenvalue weighted by atomic mass is 35.5. The lowest BCUT2D eigenvalue weighted by molar-refractivity contribution is -0.133. The average Bonchev–Trinajstić information content (AvgIpc) is 3.02. The van der Waals surface area contributed by atoms with Crippen LogP contribution in [0.4, 0.5) is 5.69 Å². The number of halogens is 1. The van der Waals surface area contributed by atoms with Gasteiger partial charge in [0.15, 0.2) is 0 Å². The molecular formula is C18H28ClN3O2. The molecule has 1 heterocycles. The minimum Gasteiger partial charge on any atom is -0.336 e. The fourth-order valence-corrected chi connectivity index (χ4v) is 2.97. The van der Waals surface area contributed by atoms with Gasteiger partial charge in [-0.05, 0) is 56.8 Å². The summed E-state index contributed by atoms with van der Waals surface area (Å²) in [5, 5.41) is 6.22. The molecule has 24 heavy (non-hydrogen) atoms. The summed E-state index contributed by atoms with van der Waals surface area (Å²) >= 11 is 0. The number of nitrogens with zero attached hydrogens (tertiary/aromatic N) is 1. The van der Waals surface area contributed by atoms with E-state index in [4.69, 9.17) is 0 Å². The van der Waals surface area contributed by atoms with Crippen molar-refractivity contribution in [1.29, 1.82) is 0 Å². The number of rotatable bonds is 6. The minimum atomic E-state index is -0.152. The molecule has 0 spiro atoms. The molecule has 0 aromatic heterocycles. The molecule has 1 fully saturated rings. The van der Waals surface area contributed by atoms with Crippen molar-refractivity contribution in [1.82, 2.24) is 10.2 Å². The standard InChI is InChI=1S/C18H27N3O2.ClH/c1-13-5-4-6-14(2)18(13)20-16(22)12-21(3)17(23)8-7-15-9-10-19-11-15;/h4-6,15,19H,7-12H2,1-3H3,(H,20,22);1H. The minimum absolute atomic E-state index is 0. The van der Waals surface area contributed by atoms with E-state index < -0.39 is 0 Å². The van der Waals surface area contributed by atoms with Gasteiger partial charge in [0.1, 0.15) is 0 Å². The van der Waals surface area contributed by atoms with E-state index in [1.54, 1.807) is 7.05 Å². The summed E-state index contributed by atoms with van der Waals surface area (Å²) < 4.78 is 0. The third-order valence-corrected chi connectivity index (χ3v) is 4.48. The predicted octanol–water partition coefficient (Wildman–Crippen LogP) is 2.51. The SMILES string of the molecule is Cc1cccc(C)c1NC(=O)CN(C)C(=O)CCC1CCNC1.Cl.